The average Bonchev–Trinajstić information content (AvgIpc) is 3.54. The van der Waals surface area contributed by atoms with Crippen molar-refractivity contribution >= 4 is 10.9 Å². The molecule has 0 N–H and O–H groups in total. The number of benzene rings is 2. The third kappa shape index (κ3) is 2.83. The second-order valence-corrected chi connectivity index (χ2v) is 11.2. The highest BCUT2D eigenvalue weighted by Gasteiger charge is 2.74. The van der Waals surface area contributed by atoms with Crippen molar-refractivity contribution in [1.82, 2.24) is 4.98 Å². The van der Waals surface area contributed by atoms with Gasteiger partial charge in [0.15, 0.2) is 0 Å². The number of nitrogens with zero attached hydrogens (tertiary/aromatic N) is 1. The summed E-state index contributed by atoms with van der Waals surface area (Å²) in [6.07, 6.45) is 9.40. The minimum Gasteiger partial charge on any atom is -0.490 e. The van der Waals surface area contributed by atoms with Crippen molar-refractivity contribution in [2.75, 3.05) is 6.61 Å². The molecule has 1 aromatic heterocycles. The molecule has 3 nitrogen and oxygen atoms in total. The molecule has 2 heterocycles. The van der Waals surface area contributed by atoms with Gasteiger partial charge in [-0.2, -0.15) is 0 Å². The normalized spacial score (nSPS) is 35.4. The fourth-order valence-corrected chi connectivity index (χ4v) is 8.16. The zero-order valence-corrected chi connectivity index (χ0v) is 20.0. The minimum absolute atomic E-state index is 0.0131. The van der Waals surface area contributed by atoms with Gasteiger partial charge in [-0.05, 0) is 91.7 Å². The lowest BCUT2D eigenvalue weighted by molar-refractivity contribution is 0.0120. The molecule has 3 aliphatic carbocycles. The van der Waals surface area contributed by atoms with Gasteiger partial charge in [-0.15, -0.1) is 0 Å². The number of rotatable bonds is 4. The Labute approximate surface area is 202 Å². The van der Waals surface area contributed by atoms with Crippen LogP contribution >= 0.6 is 0 Å². The van der Waals surface area contributed by atoms with Crippen LogP contribution in [0.3, 0.4) is 0 Å². The minimum atomic E-state index is -0.0131. The Balaban J connectivity index is 1.16. The number of hydrogen-bond acceptors (Lipinski definition) is 3. The van der Waals surface area contributed by atoms with Crippen molar-refractivity contribution in [3.05, 3.63) is 84.1 Å². The molecule has 3 fully saturated rings. The second kappa shape index (κ2) is 7.42. The van der Waals surface area contributed by atoms with Gasteiger partial charge in [0.05, 0.1) is 11.2 Å². The van der Waals surface area contributed by atoms with E-state index in [9.17, 15) is 0 Å². The first-order valence-corrected chi connectivity index (χ1v) is 13.0. The maximum Gasteiger partial charge on any atom is 0.130 e. The maximum absolute atomic E-state index is 6.69. The number of epoxide rings is 1. The molecule has 0 unspecified atom stereocenters. The summed E-state index contributed by atoms with van der Waals surface area (Å²) in [7, 11) is 0. The van der Waals surface area contributed by atoms with Gasteiger partial charge >= 0.3 is 0 Å². The summed E-state index contributed by atoms with van der Waals surface area (Å²) >= 11 is 0. The van der Waals surface area contributed by atoms with Crippen molar-refractivity contribution in [3.63, 3.8) is 0 Å². The Kier molecular flexibility index (Phi) is 4.52. The van der Waals surface area contributed by atoms with Crippen LogP contribution in [-0.2, 0) is 11.2 Å². The number of fused-ring (bicyclic) bond motifs is 7. The van der Waals surface area contributed by atoms with E-state index in [-0.39, 0.29) is 17.1 Å². The number of para-hydroxylation sites is 1. The smallest absolute Gasteiger partial charge is 0.130 e. The highest BCUT2D eigenvalue weighted by atomic mass is 16.6. The second-order valence-electron chi connectivity index (χ2n) is 11.2. The molecule has 174 valence electrons. The van der Waals surface area contributed by atoms with E-state index in [4.69, 9.17) is 14.5 Å². The maximum atomic E-state index is 6.69. The van der Waals surface area contributed by atoms with Crippen molar-refractivity contribution in [2.45, 2.75) is 63.1 Å². The van der Waals surface area contributed by atoms with Crippen molar-refractivity contribution < 1.29 is 9.47 Å². The zero-order valence-electron chi connectivity index (χ0n) is 20.0. The van der Waals surface area contributed by atoms with Crippen LogP contribution in [-0.4, -0.2) is 17.2 Å². The molecule has 0 radical (unpaired) electrons. The van der Waals surface area contributed by atoms with Crippen molar-refractivity contribution in [1.29, 1.82) is 0 Å². The molecule has 3 heteroatoms. The SMILES string of the molecule is C=CCOc1ccc2c(c1)CC[C@@H]1[C@@H]2CC[C@@]2(C)[C@H]1CC[C@]21O[C@@H]1c1ccc2ccccc2n1. The van der Waals surface area contributed by atoms with Crippen LogP contribution in [0.1, 0.15) is 67.9 Å². The van der Waals surface area contributed by atoms with E-state index < -0.39 is 0 Å². The summed E-state index contributed by atoms with van der Waals surface area (Å²) in [6.45, 7) is 6.89. The van der Waals surface area contributed by atoms with Gasteiger partial charge in [0, 0.05) is 10.8 Å². The number of pyridine rings is 1. The molecule has 6 atom stereocenters. The fraction of sp³-hybridized carbons (Fsp3) is 0.452. The first-order chi connectivity index (χ1) is 16.6. The lowest BCUT2D eigenvalue weighted by Crippen LogP contribution is -2.45. The first-order valence-electron chi connectivity index (χ1n) is 13.0. The molecule has 1 aliphatic heterocycles. The predicted octanol–water partition coefficient (Wildman–Crippen LogP) is 7.17. The molecule has 0 amide bonds. The summed E-state index contributed by atoms with van der Waals surface area (Å²) < 4.78 is 12.5. The molecule has 3 aromatic rings. The molecule has 7 rings (SSSR count). The first kappa shape index (κ1) is 20.7. The molecule has 2 saturated carbocycles. The van der Waals surface area contributed by atoms with E-state index in [1.807, 2.05) is 6.08 Å². The number of aromatic nitrogens is 1. The molecule has 1 saturated heterocycles. The molecule has 1 spiro atoms. The highest BCUT2D eigenvalue weighted by Crippen LogP contribution is 2.74. The Morgan fingerprint density at radius 3 is 2.91 bits per heavy atom. The van der Waals surface area contributed by atoms with Gasteiger partial charge in [0.2, 0.25) is 0 Å². The van der Waals surface area contributed by atoms with Gasteiger partial charge in [-0.1, -0.05) is 49.9 Å². The van der Waals surface area contributed by atoms with Crippen molar-refractivity contribution in [2.24, 2.45) is 17.3 Å². The van der Waals surface area contributed by atoms with Gasteiger partial charge in [-0.25, -0.2) is 4.98 Å². The largest absolute Gasteiger partial charge is 0.490 e. The van der Waals surface area contributed by atoms with Crippen molar-refractivity contribution in [3.8, 4) is 5.75 Å². The lowest BCUT2D eigenvalue weighted by Gasteiger charge is -2.50. The number of hydrogen-bond donors (Lipinski definition) is 0. The number of ether oxygens (including phenoxy) is 2. The van der Waals surface area contributed by atoms with E-state index in [1.165, 1.54) is 43.1 Å². The summed E-state index contributed by atoms with van der Waals surface area (Å²) in [4.78, 5) is 5.02. The molecule has 2 aromatic carbocycles. The van der Waals surface area contributed by atoms with E-state index in [0.717, 1.165) is 35.2 Å². The molecule has 0 bridgehead atoms. The van der Waals surface area contributed by atoms with Gasteiger partial charge in [-0.3, -0.25) is 0 Å². The average molecular weight is 452 g/mol. The topological polar surface area (TPSA) is 34.6 Å². The molecular formula is C31H33NO2. The quantitative estimate of drug-likeness (QED) is 0.312. The Bertz CT molecular complexity index is 1280. The summed E-state index contributed by atoms with van der Waals surface area (Å²) in [5.41, 5.74) is 5.52. The van der Waals surface area contributed by atoms with Crippen LogP contribution in [0.2, 0.25) is 0 Å². The van der Waals surface area contributed by atoms with E-state index in [0.29, 0.717) is 12.5 Å². The Morgan fingerprint density at radius 1 is 1.09 bits per heavy atom. The monoisotopic (exact) mass is 451 g/mol. The van der Waals surface area contributed by atoms with Gasteiger partial charge in [0.1, 0.15) is 24.1 Å². The summed E-state index contributed by atoms with van der Waals surface area (Å²) in [6, 6.07) is 19.6. The third-order valence-electron chi connectivity index (χ3n) is 9.83. The fourth-order valence-electron chi connectivity index (χ4n) is 8.16. The zero-order chi connectivity index (χ0) is 22.9. The molecule has 34 heavy (non-hydrogen) atoms. The highest BCUT2D eigenvalue weighted by molar-refractivity contribution is 5.78. The van der Waals surface area contributed by atoms with E-state index >= 15 is 0 Å². The van der Waals surface area contributed by atoms with Gasteiger partial charge < -0.3 is 9.47 Å². The summed E-state index contributed by atoms with van der Waals surface area (Å²) in [5, 5.41) is 1.20. The van der Waals surface area contributed by atoms with Crippen LogP contribution in [0.15, 0.2) is 67.3 Å². The molecular weight excluding hydrogens is 418 g/mol. The Morgan fingerprint density at radius 2 is 2.00 bits per heavy atom. The van der Waals surface area contributed by atoms with Crippen LogP contribution in [0.4, 0.5) is 0 Å². The number of aryl methyl sites for hydroxylation is 1. The predicted molar refractivity (Wildman–Crippen MR) is 135 cm³/mol. The molecule has 4 aliphatic rings. The standard InChI is InChI=1S/C31H33NO2/c1-3-18-33-22-10-12-23-21(19-22)8-11-25-24(23)14-16-30(2)26(25)15-17-31(30)29(34-31)28-13-9-20-6-4-5-7-27(20)32-28/h3-7,9-10,12-13,19,24-26,29H,1,8,11,14-18H2,2H3/t24-,25-,26+,29-,30+,31-/m1/s1. The van der Waals surface area contributed by atoms with E-state index in [2.05, 4.69) is 68.1 Å². The van der Waals surface area contributed by atoms with Gasteiger partial charge in [0.25, 0.3) is 0 Å². The van der Waals surface area contributed by atoms with E-state index in [1.54, 1.807) is 5.56 Å². The van der Waals surface area contributed by atoms with Crippen LogP contribution in [0.5, 0.6) is 5.75 Å². The third-order valence-corrected chi connectivity index (χ3v) is 9.83. The van der Waals surface area contributed by atoms with Crippen LogP contribution < -0.4 is 4.74 Å². The summed E-state index contributed by atoms with van der Waals surface area (Å²) in [5.74, 6) is 3.16. The van der Waals surface area contributed by atoms with Crippen LogP contribution in [0, 0.1) is 17.3 Å². The van der Waals surface area contributed by atoms with Crippen LogP contribution in [0.25, 0.3) is 10.9 Å². The Hall–Kier alpha value is -2.65. The lowest BCUT2D eigenvalue weighted by atomic mass is 9.53.